The van der Waals surface area contributed by atoms with Crippen molar-refractivity contribution in [2.75, 3.05) is 5.32 Å². The molecule has 3 aromatic carbocycles. The molecule has 0 bridgehead atoms. The van der Waals surface area contributed by atoms with Crippen molar-refractivity contribution < 1.29 is 9.53 Å². The summed E-state index contributed by atoms with van der Waals surface area (Å²) in [5.74, 6) is 0.153. The summed E-state index contributed by atoms with van der Waals surface area (Å²) < 4.78 is 6.77. The molecule has 0 heterocycles. The Morgan fingerprint density at radius 2 is 1.73 bits per heavy atom. The van der Waals surface area contributed by atoms with Gasteiger partial charge in [0.15, 0.2) is 0 Å². The van der Waals surface area contributed by atoms with E-state index in [0.29, 0.717) is 33.7 Å². The molecule has 7 heteroatoms. The number of anilines is 1. The Morgan fingerprint density at radius 1 is 1.03 bits per heavy atom. The van der Waals surface area contributed by atoms with Crippen LogP contribution in [0.3, 0.4) is 0 Å². The van der Waals surface area contributed by atoms with Crippen LogP contribution in [-0.2, 0) is 11.4 Å². The van der Waals surface area contributed by atoms with E-state index in [9.17, 15) is 10.1 Å². The summed E-state index contributed by atoms with van der Waals surface area (Å²) in [4.78, 5) is 12.4. The van der Waals surface area contributed by atoms with E-state index in [4.69, 9.17) is 27.9 Å². The summed E-state index contributed by atoms with van der Waals surface area (Å²) >= 11 is 15.2. The van der Waals surface area contributed by atoms with Crippen LogP contribution in [-0.4, -0.2) is 5.91 Å². The molecule has 0 radical (unpaired) electrons. The molecule has 0 aliphatic rings. The molecule has 30 heavy (non-hydrogen) atoms. The van der Waals surface area contributed by atoms with Crippen molar-refractivity contribution in [2.45, 2.75) is 6.61 Å². The number of hydrogen-bond acceptors (Lipinski definition) is 3. The number of carbonyl (C=O) groups excluding carboxylic acids is 1. The number of carbonyl (C=O) groups is 1. The lowest BCUT2D eigenvalue weighted by Crippen LogP contribution is -2.13. The van der Waals surface area contributed by atoms with E-state index < -0.39 is 5.91 Å². The molecule has 150 valence electrons. The van der Waals surface area contributed by atoms with Gasteiger partial charge in [0.25, 0.3) is 5.91 Å². The van der Waals surface area contributed by atoms with E-state index in [1.807, 2.05) is 30.3 Å². The van der Waals surface area contributed by atoms with Crippen molar-refractivity contribution in [3.05, 3.63) is 97.9 Å². The highest BCUT2D eigenvalue weighted by molar-refractivity contribution is 9.10. The molecule has 0 saturated heterocycles. The van der Waals surface area contributed by atoms with Crippen LogP contribution in [0.2, 0.25) is 10.0 Å². The summed E-state index contributed by atoms with van der Waals surface area (Å²) in [7, 11) is 0. The Morgan fingerprint density at radius 3 is 2.37 bits per heavy atom. The molecule has 0 atom stereocenters. The molecule has 4 nitrogen and oxygen atoms in total. The van der Waals surface area contributed by atoms with E-state index in [-0.39, 0.29) is 5.57 Å². The van der Waals surface area contributed by atoms with Crippen molar-refractivity contribution in [1.82, 2.24) is 0 Å². The molecule has 0 aromatic heterocycles. The SMILES string of the molecule is N#C/C(=C\c1ccc(OCc2ccc(Br)cc2)cc1)C(=O)Nc1ccc(Cl)c(Cl)c1. The van der Waals surface area contributed by atoms with Gasteiger partial charge in [-0.05, 0) is 59.7 Å². The summed E-state index contributed by atoms with van der Waals surface area (Å²) in [5, 5.41) is 12.7. The van der Waals surface area contributed by atoms with Crippen LogP contribution in [0.25, 0.3) is 6.08 Å². The maximum Gasteiger partial charge on any atom is 0.266 e. The summed E-state index contributed by atoms with van der Waals surface area (Å²) in [6, 6.07) is 21.6. The van der Waals surface area contributed by atoms with Gasteiger partial charge in [0.05, 0.1) is 10.0 Å². The van der Waals surface area contributed by atoms with Gasteiger partial charge in [-0.15, -0.1) is 0 Å². The van der Waals surface area contributed by atoms with Crippen molar-refractivity contribution in [1.29, 1.82) is 5.26 Å². The summed E-state index contributed by atoms with van der Waals surface area (Å²) in [6.07, 6.45) is 1.51. The van der Waals surface area contributed by atoms with E-state index in [0.717, 1.165) is 10.0 Å². The van der Waals surface area contributed by atoms with Gasteiger partial charge in [0, 0.05) is 10.2 Å². The summed E-state index contributed by atoms with van der Waals surface area (Å²) in [6.45, 7) is 0.442. The molecule has 0 aliphatic carbocycles. The Labute approximate surface area is 192 Å². The molecule has 0 saturated carbocycles. The van der Waals surface area contributed by atoms with E-state index in [1.54, 1.807) is 36.4 Å². The molecular formula is C23H15BrCl2N2O2. The molecule has 1 amide bonds. The van der Waals surface area contributed by atoms with Gasteiger partial charge < -0.3 is 10.1 Å². The lowest BCUT2D eigenvalue weighted by molar-refractivity contribution is -0.112. The smallest absolute Gasteiger partial charge is 0.266 e. The minimum absolute atomic E-state index is 0.0374. The fourth-order valence-electron chi connectivity index (χ4n) is 2.50. The molecule has 3 aromatic rings. The number of nitrogens with zero attached hydrogens (tertiary/aromatic N) is 1. The highest BCUT2D eigenvalue weighted by atomic mass is 79.9. The molecule has 1 N–H and O–H groups in total. The number of nitriles is 1. The van der Waals surface area contributed by atoms with Crippen LogP contribution in [0.1, 0.15) is 11.1 Å². The quantitative estimate of drug-likeness (QED) is 0.295. The van der Waals surface area contributed by atoms with Crippen LogP contribution in [0, 0.1) is 11.3 Å². The van der Waals surface area contributed by atoms with Gasteiger partial charge in [0.2, 0.25) is 0 Å². The first kappa shape index (κ1) is 21.9. The molecule has 3 rings (SSSR count). The molecule has 0 aliphatic heterocycles. The molecule has 0 spiro atoms. The first-order chi connectivity index (χ1) is 14.4. The second kappa shape index (κ2) is 10.3. The average Bonchev–Trinajstić information content (AvgIpc) is 2.75. The summed E-state index contributed by atoms with van der Waals surface area (Å²) in [5.41, 5.74) is 2.16. The predicted molar refractivity (Wildman–Crippen MR) is 124 cm³/mol. The maximum atomic E-state index is 12.4. The monoisotopic (exact) mass is 500 g/mol. The van der Waals surface area contributed by atoms with E-state index >= 15 is 0 Å². The van der Waals surface area contributed by atoms with Crippen LogP contribution >= 0.6 is 39.1 Å². The number of ether oxygens (including phenoxy) is 1. The minimum atomic E-state index is -0.536. The standard InChI is InChI=1S/C23H15BrCl2N2O2/c24-18-5-1-16(2-6-18)14-30-20-8-3-15(4-9-20)11-17(13-27)23(29)28-19-7-10-21(25)22(26)12-19/h1-12H,14H2,(H,28,29)/b17-11+. The highest BCUT2D eigenvalue weighted by Crippen LogP contribution is 2.25. The Hall–Kier alpha value is -2.78. The third kappa shape index (κ3) is 6.11. The second-order valence-electron chi connectivity index (χ2n) is 6.24. The average molecular weight is 502 g/mol. The lowest BCUT2D eigenvalue weighted by atomic mass is 10.1. The molecule has 0 fully saturated rings. The zero-order valence-corrected chi connectivity index (χ0v) is 18.6. The predicted octanol–water partition coefficient (Wildman–Crippen LogP) is 6.88. The Kier molecular flexibility index (Phi) is 7.53. The molecular weight excluding hydrogens is 487 g/mol. The number of rotatable bonds is 6. The van der Waals surface area contributed by atoms with Crippen LogP contribution < -0.4 is 10.1 Å². The zero-order valence-electron chi connectivity index (χ0n) is 15.5. The van der Waals surface area contributed by atoms with Crippen molar-refractivity contribution in [2.24, 2.45) is 0 Å². The van der Waals surface area contributed by atoms with Crippen molar-refractivity contribution in [3.63, 3.8) is 0 Å². The Balaban J connectivity index is 1.64. The minimum Gasteiger partial charge on any atom is -0.489 e. The largest absolute Gasteiger partial charge is 0.489 e. The number of benzene rings is 3. The van der Waals surface area contributed by atoms with Crippen molar-refractivity contribution in [3.8, 4) is 11.8 Å². The van der Waals surface area contributed by atoms with Gasteiger partial charge >= 0.3 is 0 Å². The van der Waals surface area contributed by atoms with Gasteiger partial charge in [-0.25, -0.2) is 0 Å². The van der Waals surface area contributed by atoms with Crippen molar-refractivity contribution >= 4 is 56.8 Å². The lowest BCUT2D eigenvalue weighted by Gasteiger charge is -2.07. The zero-order chi connectivity index (χ0) is 21.5. The third-order valence-electron chi connectivity index (χ3n) is 4.05. The second-order valence-corrected chi connectivity index (χ2v) is 7.97. The first-order valence-corrected chi connectivity index (χ1v) is 10.3. The maximum absolute atomic E-state index is 12.4. The topological polar surface area (TPSA) is 62.1 Å². The van der Waals surface area contributed by atoms with Gasteiger partial charge in [-0.1, -0.05) is 63.4 Å². The highest BCUT2D eigenvalue weighted by Gasteiger charge is 2.10. The van der Waals surface area contributed by atoms with Crippen LogP contribution in [0.5, 0.6) is 5.75 Å². The number of nitrogens with one attached hydrogen (secondary N) is 1. The van der Waals surface area contributed by atoms with E-state index in [2.05, 4.69) is 21.2 Å². The van der Waals surface area contributed by atoms with E-state index in [1.165, 1.54) is 12.1 Å². The van der Waals surface area contributed by atoms with Gasteiger partial charge in [-0.2, -0.15) is 5.26 Å². The van der Waals surface area contributed by atoms with Gasteiger partial charge in [0.1, 0.15) is 24.0 Å². The third-order valence-corrected chi connectivity index (χ3v) is 5.32. The fraction of sp³-hybridized carbons (Fsp3) is 0.0435. The molecule has 0 unspecified atom stereocenters. The fourth-order valence-corrected chi connectivity index (χ4v) is 3.06. The normalized spacial score (nSPS) is 10.9. The first-order valence-electron chi connectivity index (χ1n) is 8.80. The van der Waals surface area contributed by atoms with Crippen LogP contribution in [0.15, 0.2) is 76.8 Å². The number of halogens is 3. The van der Waals surface area contributed by atoms with Gasteiger partial charge in [-0.3, -0.25) is 4.79 Å². The van der Waals surface area contributed by atoms with Crippen LogP contribution in [0.4, 0.5) is 5.69 Å². The number of amides is 1. The number of hydrogen-bond donors (Lipinski definition) is 1. The Bertz CT molecular complexity index is 1120.